The van der Waals surface area contributed by atoms with Gasteiger partial charge in [-0.05, 0) is 36.2 Å². The average molecular weight is 240 g/mol. The molecule has 0 aliphatic carbocycles. The summed E-state index contributed by atoms with van der Waals surface area (Å²) in [6, 6.07) is 13.3. The Morgan fingerprint density at radius 1 is 1.11 bits per heavy atom. The first-order chi connectivity index (χ1) is 8.77. The number of amides is 1. The second-order valence-corrected chi connectivity index (χ2v) is 4.20. The molecule has 0 aliphatic heterocycles. The van der Waals surface area contributed by atoms with E-state index < -0.39 is 0 Å². The molecule has 1 amide bonds. The van der Waals surface area contributed by atoms with Gasteiger partial charge < -0.3 is 4.90 Å². The molecule has 0 N–H and O–H groups in total. The molecule has 2 aromatic rings. The lowest BCUT2D eigenvalue weighted by Gasteiger charge is -2.17. The highest BCUT2D eigenvalue weighted by molar-refractivity contribution is 5.93. The van der Waals surface area contributed by atoms with Crippen LogP contribution in [0.4, 0.5) is 0 Å². The highest BCUT2D eigenvalue weighted by Gasteiger charge is 2.10. The monoisotopic (exact) mass is 240 g/mol. The van der Waals surface area contributed by atoms with Gasteiger partial charge in [-0.1, -0.05) is 18.2 Å². The van der Waals surface area contributed by atoms with Crippen molar-refractivity contribution in [2.24, 2.45) is 0 Å². The molecule has 18 heavy (non-hydrogen) atoms. The summed E-state index contributed by atoms with van der Waals surface area (Å²) in [6.07, 6.45) is 4.39. The van der Waals surface area contributed by atoms with Crippen LogP contribution in [0.1, 0.15) is 15.9 Å². The number of aromatic nitrogens is 1. The quantitative estimate of drug-likeness (QED) is 0.822. The maximum absolute atomic E-state index is 12.1. The highest BCUT2D eigenvalue weighted by Crippen LogP contribution is 2.05. The maximum Gasteiger partial charge on any atom is 0.253 e. The van der Waals surface area contributed by atoms with Crippen LogP contribution in [0.15, 0.2) is 54.9 Å². The van der Waals surface area contributed by atoms with Crippen LogP contribution in [0.5, 0.6) is 0 Å². The number of nitrogens with zero attached hydrogens (tertiary/aromatic N) is 2. The molecule has 1 aromatic heterocycles. The number of pyridine rings is 1. The van der Waals surface area contributed by atoms with Crippen molar-refractivity contribution < 1.29 is 4.79 Å². The van der Waals surface area contributed by atoms with Gasteiger partial charge in [0.15, 0.2) is 0 Å². The van der Waals surface area contributed by atoms with Crippen LogP contribution in [0.25, 0.3) is 0 Å². The van der Waals surface area contributed by atoms with Gasteiger partial charge in [-0.3, -0.25) is 9.78 Å². The number of carbonyl (C=O) groups is 1. The summed E-state index contributed by atoms with van der Waals surface area (Å²) in [4.78, 5) is 17.8. The molecule has 0 atom stereocenters. The second kappa shape index (κ2) is 5.96. The molecular formula is C15H16N2O. The van der Waals surface area contributed by atoms with E-state index in [1.54, 1.807) is 17.3 Å². The summed E-state index contributed by atoms with van der Waals surface area (Å²) < 4.78 is 0. The van der Waals surface area contributed by atoms with Crippen LogP contribution in [-0.2, 0) is 6.42 Å². The summed E-state index contributed by atoms with van der Waals surface area (Å²) >= 11 is 0. The molecule has 3 nitrogen and oxygen atoms in total. The Kier molecular flexibility index (Phi) is 4.07. The number of benzene rings is 1. The summed E-state index contributed by atoms with van der Waals surface area (Å²) in [7, 11) is 1.83. The molecule has 0 fully saturated rings. The van der Waals surface area contributed by atoms with E-state index in [4.69, 9.17) is 0 Å². The largest absolute Gasteiger partial charge is 0.341 e. The Labute approximate surface area is 107 Å². The van der Waals surface area contributed by atoms with Crippen LogP contribution < -0.4 is 0 Å². The SMILES string of the molecule is CN(CCc1ccncc1)C(=O)c1ccccc1. The molecule has 2 rings (SSSR count). The molecule has 0 aliphatic rings. The third kappa shape index (κ3) is 3.17. The topological polar surface area (TPSA) is 33.2 Å². The van der Waals surface area contributed by atoms with Crippen LogP contribution in [-0.4, -0.2) is 29.4 Å². The standard InChI is InChI=1S/C15H16N2O/c1-17(12-9-13-7-10-16-11-8-13)15(18)14-5-3-2-4-6-14/h2-8,10-11H,9,12H2,1H3. The van der Waals surface area contributed by atoms with Crippen molar-refractivity contribution in [3.63, 3.8) is 0 Å². The van der Waals surface area contributed by atoms with Gasteiger partial charge in [-0.25, -0.2) is 0 Å². The van der Waals surface area contributed by atoms with E-state index in [0.717, 1.165) is 12.0 Å². The number of rotatable bonds is 4. The van der Waals surface area contributed by atoms with Crippen molar-refractivity contribution in [1.82, 2.24) is 9.88 Å². The molecule has 0 spiro atoms. The third-order valence-corrected chi connectivity index (χ3v) is 2.85. The fourth-order valence-corrected chi connectivity index (χ4v) is 1.75. The van der Waals surface area contributed by atoms with Gasteiger partial charge in [0.05, 0.1) is 0 Å². The van der Waals surface area contributed by atoms with E-state index in [0.29, 0.717) is 6.54 Å². The normalized spacial score (nSPS) is 10.1. The lowest BCUT2D eigenvalue weighted by molar-refractivity contribution is 0.0796. The minimum atomic E-state index is 0.0599. The molecule has 0 saturated carbocycles. The number of carbonyl (C=O) groups excluding carboxylic acids is 1. The Bertz CT molecular complexity index is 496. The lowest BCUT2D eigenvalue weighted by Crippen LogP contribution is -2.28. The fraction of sp³-hybridized carbons (Fsp3) is 0.200. The molecule has 0 unspecified atom stereocenters. The molecule has 3 heteroatoms. The van der Waals surface area contributed by atoms with Gasteiger partial charge in [0.1, 0.15) is 0 Å². The summed E-state index contributed by atoms with van der Waals surface area (Å²) in [5.74, 6) is 0.0599. The van der Waals surface area contributed by atoms with Crippen molar-refractivity contribution in [1.29, 1.82) is 0 Å². The molecule has 1 aromatic carbocycles. The van der Waals surface area contributed by atoms with Crippen LogP contribution >= 0.6 is 0 Å². The summed E-state index contributed by atoms with van der Waals surface area (Å²) in [6.45, 7) is 0.706. The third-order valence-electron chi connectivity index (χ3n) is 2.85. The number of hydrogen-bond acceptors (Lipinski definition) is 2. The van der Waals surface area contributed by atoms with Crippen LogP contribution in [0.2, 0.25) is 0 Å². The average Bonchev–Trinajstić information content (AvgIpc) is 2.46. The van der Waals surface area contributed by atoms with E-state index in [-0.39, 0.29) is 5.91 Å². The Balaban J connectivity index is 1.93. The molecule has 0 saturated heterocycles. The van der Waals surface area contributed by atoms with Gasteiger partial charge in [0.2, 0.25) is 0 Å². The lowest BCUT2D eigenvalue weighted by atomic mass is 10.1. The molecule has 0 radical (unpaired) electrons. The van der Waals surface area contributed by atoms with Crippen molar-refractivity contribution in [2.75, 3.05) is 13.6 Å². The van der Waals surface area contributed by atoms with E-state index >= 15 is 0 Å². The van der Waals surface area contributed by atoms with Gasteiger partial charge in [0, 0.05) is 31.5 Å². The predicted molar refractivity (Wildman–Crippen MR) is 71.3 cm³/mol. The number of likely N-dealkylation sites (N-methyl/N-ethyl adjacent to an activating group) is 1. The fourth-order valence-electron chi connectivity index (χ4n) is 1.75. The van der Waals surface area contributed by atoms with Gasteiger partial charge >= 0.3 is 0 Å². The number of hydrogen-bond donors (Lipinski definition) is 0. The first kappa shape index (κ1) is 12.3. The minimum Gasteiger partial charge on any atom is -0.341 e. The van der Waals surface area contributed by atoms with Crippen molar-refractivity contribution in [3.8, 4) is 0 Å². The first-order valence-corrected chi connectivity index (χ1v) is 5.97. The highest BCUT2D eigenvalue weighted by atomic mass is 16.2. The van der Waals surface area contributed by atoms with Crippen molar-refractivity contribution >= 4 is 5.91 Å². The smallest absolute Gasteiger partial charge is 0.253 e. The molecule has 92 valence electrons. The van der Waals surface area contributed by atoms with E-state index in [2.05, 4.69) is 4.98 Å². The van der Waals surface area contributed by atoms with Gasteiger partial charge in [0.25, 0.3) is 5.91 Å². The van der Waals surface area contributed by atoms with Crippen molar-refractivity contribution in [3.05, 3.63) is 66.0 Å². The molecular weight excluding hydrogens is 224 g/mol. The van der Waals surface area contributed by atoms with Crippen molar-refractivity contribution in [2.45, 2.75) is 6.42 Å². The second-order valence-electron chi connectivity index (χ2n) is 4.20. The molecule has 0 bridgehead atoms. The van der Waals surface area contributed by atoms with E-state index in [1.807, 2.05) is 49.5 Å². The first-order valence-electron chi connectivity index (χ1n) is 5.97. The zero-order valence-corrected chi connectivity index (χ0v) is 10.4. The summed E-state index contributed by atoms with van der Waals surface area (Å²) in [5, 5.41) is 0. The zero-order valence-electron chi connectivity index (χ0n) is 10.4. The summed E-state index contributed by atoms with van der Waals surface area (Å²) in [5.41, 5.74) is 1.92. The Morgan fingerprint density at radius 3 is 2.44 bits per heavy atom. The Morgan fingerprint density at radius 2 is 1.78 bits per heavy atom. The predicted octanol–water partition coefficient (Wildman–Crippen LogP) is 2.40. The minimum absolute atomic E-state index is 0.0599. The van der Waals surface area contributed by atoms with Gasteiger partial charge in [-0.2, -0.15) is 0 Å². The van der Waals surface area contributed by atoms with E-state index in [1.165, 1.54) is 5.56 Å². The van der Waals surface area contributed by atoms with E-state index in [9.17, 15) is 4.79 Å². The maximum atomic E-state index is 12.1. The Hall–Kier alpha value is -2.16. The van der Waals surface area contributed by atoms with Crippen LogP contribution in [0.3, 0.4) is 0 Å². The molecule has 1 heterocycles. The zero-order chi connectivity index (χ0) is 12.8. The van der Waals surface area contributed by atoms with Gasteiger partial charge in [-0.15, -0.1) is 0 Å². The van der Waals surface area contributed by atoms with Crippen LogP contribution in [0, 0.1) is 0 Å².